The van der Waals surface area contributed by atoms with Crippen LogP contribution in [0.4, 0.5) is 0 Å². The minimum Gasteiger partial charge on any atom is -0.496 e. The third-order valence-corrected chi connectivity index (χ3v) is 4.61. The number of sulfone groups is 1. The molecular weight excluding hydrogens is 294 g/mol. The predicted octanol–water partition coefficient (Wildman–Crippen LogP) is 0.852. The van der Waals surface area contributed by atoms with E-state index in [0.717, 1.165) is 18.2 Å². The molecule has 118 valence electrons. The lowest BCUT2D eigenvalue weighted by Gasteiger charge is -2.19. The molecular formula is C14H21NO5S. The summed E-state index contributed by atoms with van der Waals surface area (Å²) >= 11 is 0. The van der Waals surface area contributed by atoms with Crippen molar-refractivity contribution in [3.05, 3.63) is 29.3 Å². The second-order valence-corrected chi connectivity index (χ2v) is 6.83. The average molecular weight is 315 g/mol. The number of benzene rings is 1. The van der Waals surface area contributed by atoms with Gasteiger partial charge in [-0.15, -0.1) is 0 Å². The Morgan fingerprint density at radius 1 is 1.33 bits per heavy atom. The summed E-state index contributed by atoms with van der Waals surface area (Å²) < 4.78 is 33.8. The van der Waals surface area contributed by atoms with Gasteiger partial charge < -0.3 is 14.8 Å². The molecule has 7 heteroatoms. The lowest BCUT2D eigenvalue weighted by Crippen LogP contribution is -2.29. The lowest BCUT2D eigenvalue weighted by atomic mass is 10.0. The van der Waals surface area contributed by atoms with Crippen molar-refractivity contribution in [2.45, 2.75) is 13.0 Å². The first-order valence-corrected chi connectivity index (χ1v) is 8.24. The molecule has 1 N–H and O–H groups in total. The van der Waals surface area contributed by atoms with Gasteiger partial charge in [0.05, 0.1) is 20.0 Å². The van der Waals surface area contributed by atoms with Gasteiger partial charge >= 0.3 is 5.97 Å². The first-order chi connectivity index (χ1) is 9.82. The molecule has 1 aromatic rings. The maximum absolute atomic E-state index is 12.0. The number of esters is 1. The van der Waals surface area contributed by atoms with E-state index in [1.54, 1.807) is 13.1 Å². The molecule has 1 unspecified atom stereocenters. The predicted molar refractivity (Wildman–Crippen MR) is 80.2 cm³/mol. The molecule has 0 fully saturated rings. The standard InChI is InChI=1S/C14H21NO5S/c1-10-5-6-13(19-3)11(7-10)12(15-2)8-21(17,18)9-14(16)20-4/h5-7,12,15H,8-9H2,1-4H3. The molecule has 0 spiro atoms. The minimum absolute atomic E-state index is 0.210. The summed E-state index contributed by atoms with van der Waals surface area (Å²) in [5.74, 6) is -0.997. The quantitative estimate of drug-likeness (QED) is 0.751. The summed E-state index contributed by atoms with van der Waals surface area (Å²) in [7, 11) is 0.779. The second-order valence-electron chi connectivity index (χ2n) is 4.72. The van der Waals surface area contributed by atoms with Crippen LogP contribution >= 0.6 is 0 Å². The Hall–Kier alpha value is -1.60. The van der Waals surface area contributed by atoms with Crippen molar-refractivity contribution in [2.24, 2.45) is 0 Å². The van der Waals surface area contributed by atoms with Crippen LogP contribution in [0.25, 0.3) is 0 Å². The molecule has 1 rings (SSSR count). The SMILES string of the molecule is CNC(CS(=O)(=O)CC(=O)OC)c1cc(C)ccc1OC. The molecule has 1 aromatic carbocycles. The fraction of sp³-hybridized carbons (Fsp3) is 0.500. The van der Waals surface area contributed by atoms with Crippen LogP contribution in [0.5, 0.6) is 5.75 Å². The third kappa shape index (κ3) is 5.02. The Balaban J connectivity index is 3.04. The van der Waals surface area contributed by atoms with Gasteiger partial charge in [-0.05, 0) is 20.0 Å². The molecule has 1 atom stereocenters. The molecule has 0 aliphatic heterocycles. The molecule has 0 aliphatic rings. The number of ether oxygens (including phenoxy) is 2. The van der Waals surface area contributed by atoms with Crippen LogP contribution in [0.2, 0.25) is 0 Å². The van der Waals surface area contributed by atoms with E-state index in [0.29, 0.717) is 5.75 Å². The fourth-order valence-electron chi connectivity index (χ4n) is 2.01. The van der Waals surface area contributed by atoms with Gasteiger partial charge in [0.25, 0.3) is 0 Å². The van der Waals surface area contributed by atoms with Crippen molar-refractivity contribution >= 4 is 15.8 Å². The Bertz CT molecular complexity index is 597. The van der Waals surface area contributed by atoms with E-state index in [2.05, 4.69) is 10.1 Å². The van der Waals surface area contributed by atoms with Gasteiger partial charge in [0.15, 0.2) is 9.84 Å². The van der Waals surface area contributed by atoms with Crippen LogP contribution in [-0.4, -0.2) is 47.2 Å². The maximum atomic E-state index is 12.0. The Kier molecular flexibility index (Phi) is 6.17. The zero-order valence-corrected chi connectivity index (χ0v) is 13.5. The Labute approximate surface area is 125 Å². The molecule has 0 saturated heterocycles. The smallest absolute Gasteiger partial charge is 0.320 e. The van der Waals surface area contributed by atoms with Crippen LogP contribution in [0.3, 0.4) is 0 Å². The van der Waals surface area contributed by atoms with Gasteiger partial charge in [-0.3, -0.25) is 4.79 Å². The van der Waals surface area contributed by atoms with E-state index in [1.165, 1.54) is 7.11 Å². The van der Waals surface area contributed by atoms with Crippen molar-refractivity contribution < 1.29 is 22.7 Å². The topological polar surface area (TPSA) is 81.7 Å². The highest BCUT2D eigenvalue weighted by atomic mass is 32.2. The fourth-order valence-corrected chi connectivity index (χ4v) is 3.45. The summed E-state index contributed by atoms with van der Waals surface area (Å²) in [4.78, 5) is 11.2. The summed E-state index contributed by atoms with van der Waals surface area (Å²) in [6, 6.07) is 5.09. The number of carbonyl (C=O) groups is 1. The highest BCUT2D eigenvalue weighted by Crippen LogP contribution is 2.27. The number of nitrogens with one attached hydrogen (secondary N) is 1. The van der Waals surface area contributed by atoms with Crippen molar-refractivity contribution in [3.8, 4) is 5.75 Å². The first kappa shape index (κ1) is 17.5. The highest BCUT2D eigenvalue weighted by Gasteiger charge is 2.25. The van der Waals surface area contributed by atoms with Gasteiger partial charge in [-0.1, -0.05) is 17.7 Å². The molecule has 0 bridgehead atoms. The molecule has 0 aromatic heterocycles. The van der Waals surface area contributed by atoms with E-state index >= 15 is 0 Å². The molecule has 0 aliphatic carbocycles. The number of hydrogen-bond donors (Lipinski definition) is 1. The van der Waals surface area contributed by atoms with E-state index in [-0.39, 0.29) is 5.75 Å². The van der Waals surface area contributed by atoms with Crippen molar-refractivity contribution in [1.82, 2.24) is 5.32 Å². The van der Waals surface area contributed by atoms with Gasteiger partial charge in [-0.2, -0.15) is 0 Å². The lowest BCUT2D eigenvalue weighted by molar-refractivity contribution is -0.137. The minimum atomic E-state index is -3.58. The largest absolute Gasteiger partial charge is 0.496 e. The van der Waals surface area contributed by atoms with Crippen LogP contribution in [0.15, 0.2) is 18.2 Å². The van der Waals surface area contributed by atoms with Gasteiger partial charge in [0.1, 0.15) is 11.5 Å². The van der Waals surface area contributed by atoms with Crippen molar-refractivity contribution in [2.75, 3.05) is 32.8 Å². The maximum Gasteiger partial charge on any atom is 0.320 e. The summed E-state index contributed by atoms with van der Waals surface area (Å²) in [6.45, 7) is 1.92. The molecule has 21 heavy (non-hydrogen) atoms. The second kappa shape index (κ2) is 7.42. The Morgan fingerprint density at radius 2 is 2.00 bits per heavy atom. The van der Waals surface area contributed by atoms with E-state index in [9.17, 15) is 13.2 Å². The molecule has 0 radical (unpaired) electrons. The molecule has 0 heterocycles. The van der Waals surface area contributed by atoms with E-state index < -0.39 is 27.6 Å². The van der Waals surface area contributed by atoms with Gasteiger partial charge in [-0.25, -0.2) is 8.42 Å². The summed E-state index contributed by atoms with van der Waals surface area (Å²) in [5, 5.41) is 2.96. The molecule has 0 amide bonds. The number of aryl methyl sites for hydroxylation is 1. The van der Waals surface area contributed by atoms with Crippen LogP contribution < -0.4 is 10.1 Å². The molecule has 6 nitrogen and oxygen atoms in total. The van der Waals surface area contributed by atoms with Crippen LogP contribution in [0.1, 0.15) is 17.2 Å². The normalized spacial score (nSPS) is 12.8. The monoisotopic (exact) mass is 315 g/mol. The average Bonchev–Trinajstić information content (AvgIpc) is 2.44. The zero-order valence-electron chi connectivity index (χ0n) is 12.7. The van der Waals surface area contributed by atoms with E-state index in [1.807, 2.05) is 19.1 Å². The number of methoxy groups -OCH3 is 2. The van der Waals surface area contributed by atoms with Crippen molar-refractivity contribution in [1.29, 1.82) is 0 Å². The molecule has 0 saturated carbocycles. The van der Waals surface area contributed by atoms with E-state index in [4.69, 9.17) is 4.74 Å². The highest BCUT2D eigenvalue weighted by molar-refractivity contribution is 7.92. The summed E-state index contributed by atoms with van der Waals surface area (Å²) in [5.41, 5.74) is 1.74. The number of rotatable bonds is 7. The first-order valence-electron chi connectivity index (χ1n) is 6.42. The third-order valence-electron chi connectivity index (χ3n) is 3.10. The van der Waals surface area contributed by atoms with Crippen LogP contribution in [0, 0.1) is 6.92 Å². The van der Waals surface area contributed by atoms with Gasteiger partial charge in [0, 0.05) is 11.6 Å². The number of hydrogen-bond acceptors (Lipinski definition) is 6. The zero-order chi connectivity index (χ0) is 16.0. The van der Waals surface area contributed by atoms with Crippen LogP contribution in [-0.2, 0) is 19.4 Å². The number of carbonyl (C=O) groups excluding carboxylic acids is 1. The van der Waals surface area contributed by atoms with Gasteiger partial charge in [0.2, 0.25) is 0 Å². The Morgan fingerprint density at radius 3 is 2.52 bits per heavy atom. The van der Waals surface area contributed by atoms with Crippen molar-refractivity contribution in [3.63, 3.8) is 0 Å². The summed E-state index contributed by atoms with van der Waals surface area (Å²) in [6.07, 6.45) is 0.